The van der Waals surface area contributed by atoms with E-state index in [0.29, 0.717) is 11.1 Å². The summed E-state index contributed by atoms with van der Waals surface area (Å²) in [5.74, 6) is -0.999. The molecule has 0 unspecified atom stereocenters. The van der Waals surface area contributed by atoms with Gasteiger partial charge in [-0.15, -0.1) is 0 Å². The highest BCUT2D eigenvalue weighted by Gasteiger charge is 2.18. The number of carboxylic acids is 1. The maximum Gasteiger partial charge on any atom is 0.325 e. The van der Waals surface area contributed by atoms with Gasteiger partial charge in [-0.1, -0.05) is 30.3 Å². The lowest BCUT2D eigenvalue weighted by molar-refractivity contribution is -0.139. The van der Waals surface area contributed by atoms with E-state index in [-0.39, 0.29) is 6.54 Å². The molecule has 112 valence electrons. The lowest BCUT2D eigenvalue weighted by atomic mass is 10.1. The Morgan fingerprint density at radius 1 is 1.33 bits per heavy atom. The van der Waals surface area contributed by atoms with Gasteiger partial charge in [0.1, 0.15) is 12.6 Å². The minimum absolute atomic E-state index is 0.231. The molecule has 0 fully saturated rings. The van der Waals surface area contributed by atoms with Crippen molar-refractivity contribution < 1.29 is 18.7 Å². The van der Waals surface area contributed by atoms with Crippen LogP contribution in [0.4, 0.5) is 8.78 Å². The quantitative estimate of drug-likeness (QED) is 0.820. The van der Waals surface area contributed by atoms with Gasteiger partial charge in [0, 0.05) is 18.3 Å². The van der Waals surface area contributed by atoms with E-state index in [1.54, 1.807) is 30.3 Å². The summed E-state index contributed by atoms with van der Waals surface area (Å²) in [6.07, 6.45) is 0.448. The van der Waals surface area contributed by atoms with E-state index >= 15 is 0 Å². The van der Waals surface area contributed by atoms with Gasteiger partial charge in [-0.05, 0) is 5.56 Å². The predicted octanol–water partition coefficient (Wildman–Crippen LogP) is 2.06. The van der Waals surface area contributed by atoms with Crippen molar-refractivity contribution in [1.82, 2.24) is 15.1 Å². The number of aromatic nitrogens is 2. The Balaban J connectivity index is 1.99. The Kier molecular flexibility index (Phi) is 4.99. The molecule has 1 aromatic carbocycles. The largest absolute Gasteiger partial charge is 0.480 e. The molecule has 0 aliphatic carbocycles. The summed E-state index contributed by atoms with van der Waals surface area (Å²) in [6, 6.07) is 7.89. The van der Waals surface area contributed by atoms with Crippen molar-refractivity contribution in [3.05, 3.63) is 53.9 Å². The van der Waals surface area contributed by atoms with E-state index in [1.165, 1.54) is 12.4 Å². The average Bonchev–Trinajstić information content (AvgIpc) is 2.86. The number of carbonyl (C=O) groups is 1. The van der Waals surface area contributed by atoms with Crippen LogP contribution in [-0.4, -0.2) is 27.3 Å². The third-order valence-electron chi connectivity index (χ3n) is 2.90. The van der Waals surface area contributed by atoms with Crippen molar-refractivity contribution in [3.8, 4) is 0 Å². The van der Waals surface area contributed by atoms with Crippen LogP contribution in [0.1, 0.15) is 17.2 Å². The molecule has 0 radical (unpaired) electrons. The van der Waals surface area contributed by atoms with E-state index in [9.17, 15) is 18.7 Å². The van der Waals surface area contributed by atoms with E-state index in [0.717, 1.165) is 4.68 Å². The fourth-order valence-electron chi connectivity index (χ4n) is 1.95. The molecule has 1 atom stereocenters. The molecule has 2 aromatic rings. The first-order chi connectivity index (χ1) is 10.1. The van der Waals surface area contributed by atoms with E-state index < -0.39 is 25.0 Å². The summed E-state index contributed by atoms with van der Waals surface area (Å²) in [5.41, 5.74) is 1.28. The average molecular weight is 295 g/mol. The molecule has 0 bridgehead atoms. The number of rotatable bonds is 7. The molecule has 2 rings (SSSR count). The van der Waals surface area contributed by atoms with E-state index in [1.807, 2.05) is 0 Å². The monoisotopic (exact) mass is 295 g/mol. The van der Waals surface area contributed by atoms with Gasteiger partial charge in [0.15, 0.2) is 0 Å². The van der Waals surface area contributed by atoms with Gasteiger partial charge in [0.2, 0.25) is 0 Å². The van der Waals surface area contributed by atoms with Crippen molar-refractivity contribution in [2.24, 2.45) is 0 Å². The molecule has 0 saturated carbocycles. The first-order valence-electron chi connectivity index (χ1n) is 6.37. The highest BCUT2D eigenvalue weighted by atomic mass is 19.3. The SMILES string of the molecule is O=C(O)[C@@H](NCc1cnn(CC(F)F)c1)c1ccccc1. The van der Waals surface area contributed by atoms with E-state index in [4.69, 9.17) is 0 Å². The van der Waals surface area contributed by atoms with Gasteiger partial charge >= 0.3 is 5.97 Å². The highest BCUT2D eigenvalue weighted by Crippen LogP contribution is 2.13. The minimum Gasteiger partial charge on any atom is -0.480 e. The molecule has 2 N–H and O–H groups in total. The molecule has 0 aliphatic heterocycles. The Morgan fingerprint density at radius 2 is 2.05 bits per heavy atom. The first kappa shape index (κ1) is 15.1. The predicted molar refractivity (Wildman–Crippen MR) is 71.9 cm³/mol. The third kappa shape index (κ3) is 4.35. The van der Waals surface area contributed by atoms with Crippen molar-refractivity contribution in [3.63, 3.8) is 0 Å². The van der Waals surface area contributed by atoms with Crippen LogP contribution >= 0.6 is 0 Å². The zero-order chi connectivity index (χ0) is 15.2. The number of nitrogens with zero attached hydrogens (tertiary/aromatic N) is 2. The zero-order valence-corrected chi connectivity index (χ0v) is 11.1. The molecule has 7 heteroatoms. The second kappa shape index (κ2) is 6.94. The molecule has 0 spiro atoms. The van der Waals surface area contributed by atoms with Crippen molar-refractivity contribution in [2.45, 2.75) is 25.6 Å². The number of halogens is 2. The minimum atomic E-state index is -2.47. The van der Waals surface area contributed by atoms with Crippen LogP contribution < -0.4 is 5.32 Å². The Bertz CT molecular complexity index is 587. The van der Waals surface area contributed by atoms with Gasteiger partial charge in [-0.2, -0.15) is 5.10 Å². The number of benzene rings is 1. The second-order valence-electron chi connectivity index (χ2n) is 4.52. The van der Waals surface area contributed by atoms with Crippen LogP contribution in [0, 0.1) is 0 Å². The molecule has 0 amide bonds. The second-order valence-corrected chi connectivity index (χ2v) is 4.52. The summed E-state index contributed by atoms with van der Waals surface area (Å²) in [4.78, 5) is 11.3. The smallest absolute Gasteiger partial charge is 0.325 e. The number of hydrogen-bond acceptors (Lipinski definition) is 3. The molecule has 0 saturated heterocycles. The normalized spacial score (nSPS) is 12.5. The Labute approximate surface area is 120 Å². The number of hydrogen-bond donors (Lipinski definition) is 2. The molecule has 1 heterocycles. The van der Waals surface area contributed by atoms with Crippen molar-refractivity contribution >= 4 is 5.97 Å². The topological polar surface area (TPSA) is 67.2 Å². The van der Waals surface area contributed by atoms with Gasteiger partial charge in [-0.25, -0.2) is 8.78 Å². The maximum atomic E-state index is 12.2. The summed E-state index contributed by atoms with van der Waals surface area (Å²) >= 11 is 0. The summed E-state index contributed by atoms with van der Waals surface area (Å²) in [7, 11) is 0. The fourth-order valence-corrected chi connectivity index (χ4v) is 1.95. The first-order valence-corrected chi connectivity index (χ1v) is 6.37. The zero-order valence-electron chi connectivity index (χ0n) is 11.1. The lowest BCUT2D eigenvalue weighted by Gasteiger charge is -2.14. The van der Waals surface area contributed by atoms with Crippen LogP contribution in [0.3, 0.4) is 0 Å². The van der Waals surface area contributed by atoms with Crippen molar-refractivity contribution in [2.75, 3.05) is 0 Å². The molecule has 1 aromatic heterocycles. The molecule has 0 aliphatic rings. The fraction of sp³-hybridized carbons (Fsp3) is 0.286. The molecular formula is C14H15F2N3O2. The number of alkyl halides is 2. The number of aliphatic carboxylic acids is 1. The summed E-state index contributed by atoms with van der Waals surface area (Å²) < 4.78 is 25.6. The van der Waals surface area contributed by atoms with Crippen molar-refractivity contribution in [1.29, 1.82) is 0 Å². The Hall–Kier alpha value is -2.28. The summed E-state index contributed by atoms with van der Waals surface area (Å²) in [5, 5.41) is 15.9. The maximum absolute atomic E-state index is 12.2. The molecular weight excluding hydrogens is 280 g/mol. The van der Waals surface area contributed by atoms with Gasteiger partial charge in [0.05, 0.1) is 6.20 Å². The van der Waals surface area contributed by atoms with Crippen LogP contribution in [0.2, 0.25) is 0 Å². The van der Waals surface area contributed by atoms with Gasteiger partial charge < -0.3 is 5.11 Å². The Morgan fingerprint density at radius 3 is 2.67 bits per heavy atom. The van der Waals surface area contributed by atoms with E-state index in [2.05, 4.69) is 10.4 Å². The summed E-state index contributed by atoms with van der Waals surface area (Å²) in [6.45, 7) is -0.240. The molecule has 21 heavy (non-hydrogen) atoms. The van der Waals surface area contributed by atoms with Crippen LogP contribution in [0.25, 0.3) is 0 Å². The lowest BCUT2D eigenvalue weighted by Crippen LogP contribution is -2.27. The van der Waals surface area contributed by atoms with Gasteiger partial charge in [-0.3, -0.25) is 14.8 Å². The number of nitrogens with one attached hydrogen (secondary N) is 1. The highest BCUT2D eigenvalue weighted by molar-refractivity contribution is 5.75. The molecule has 5 nitrogen and oxygen atoms in total. The third-order valence-corrected chi connectivity index (χ3v) is 2.90. The van der Waals surface area contributed by atoms with Crippen LogP contribution in [-0.2, 0) is 17.9 Å². The van der Waals surface area contributed by atoms with Crippen LogP contribution in [0.15, 0.2) is 42.7 Å². The number of carboxylic acid groups (broad SMARTS) is 1. The standard InChI is InChI=1S/C14H15F2N3O2/c15-12(16)9-19-8-10(7-18-19)6-17-13(14(20)21)11-4-2-1-3-5-11/h1-5,7-8,12-13,17H,6,9H2,(H,20,21)/t13-/m0/s1. The van der Waals surface area contributed by atoms with Gasteiger partial charge in [0.25, 0.3) is 6.43 Å². The van der Waals surface area contributed by atoms with Crippen LogP contribution in [0.5, 0.6) is 0 Å².